The van der Waals surface area contributed by atoms with Crippen molar-refractivity contribution in [2.45, 2.75) is 69.5 Å². The number of carboxylic acid groups (broad SMARTS) is 1. The Morgan fingerprint density at radius 3 is 2.60 bits per heavy atom. The van der Waals surface area contributed by atoms with E-state index in [0.29, 0.717) is 23.7 Å². The standard InChI is InChI=1S/C29H32Cl2F3N5O3S/c1-16-11-24-21(15-38(16)27(40)19-5-7-23(31)22(12-19)29(32,33)34)26(28(41)42)39(37-24)17(2)13-35-18(3)20-6-8-25(36-14-20)43-10-4-9-30/h5-8,12,14,16-18,35H,4,9-11,13,15H2,1-3H3,(H,41,42)/t16-,17-,18?/m1/s1. The van der Waals surface area contributed by atoms with E-state index in [9.17, 15) is 27.9 Å². The van der Waals surface area contributed by atoms with Gasteiger partial charge in [-0.3, -0.25) is 9.48 Å². The van der Waals surface area contributed by atoms with Crippen LogP contribution < -0.4 is 5.32 Å². The van der Waals surface area contributed by atoms with Gasteiger partial charge in [-0.2, -0.15) is 18.3 Å². The summed E-state index contributed by atoms with van der Waals surface area (Å²) in [7, 11) is 0. The Balaban J connectivity index is 1.49. The van der Waals surface area contributed by atoms with Crippen LogP contribution in [0.1, 0.15) is 82.5 Å². The molecule has 0 spiro atoms. The average molecular weight is 659 g/mol. The number of hydrogen-bond donors (Lipinski definition) is 2. The number of hydrogen-bond acceptors (Lipinski definition) is 6. The summed E-state index contributed by atoms with van der Waals surface area (Å²) in [5, 5.41) is 18.6. The lowest BCUT2D eigenvalue weighted by Gasteiger charge is -2.33. The lowest BCUT2D eigenvalue weighted by Crippen LogP contribution is -2.43. The van der Waals surface area contributed by atoms with Gasteiger partial charge in [0.25, 0.3) is 5.91 Å². The third-order valence-electron chi connectivity index (χ3n) is 7.35. The van der Waals surface area contributed by atoms with Crippen LogP contribution in [-0.4, -0.2) is 60.9 Å². The number of rotatable bonds is 11. The van der Waals surface area contributed by atoms with Crippen LogP contribution in [0.25, 0.3) is 0 Å². The van der Waals surface area contributed by atoms with Crippen molar-refractivity contribution in [1.82, 2.24) is 25.0 Å². The maximum atomic E-state index is 13.4. The number of benzene rings is 1. The number of carbonyl (C=O) groups is 2. The Labute approximate surface area is 261 Å². The Bertz CT molecular complexity index is 1470. The van der Waals surface area contributed by atoms with Gasteiger partial charge < -0.3 is 15.3 Å². The summed E-state index contributed by atoms with van der Waals surface area (Å²) in [4.78, 5) is 31.6. The molecule has 0 bridgehead atoms. The molecule has 2 N–H and O–H groups in total. The molecule has 3 heterocycles. The second kappa shape index (κ2) is 13.9. The molecule has 232 valence electrons. The minimum absolute atomic E-state index is 0.0475. The van der Waals surface area contributed by atoms with Crippen LogP contribution in [0, 0.1) is 0 Å². The van der Waals surface area contributed by atoms with Gasteiger partial charge in [-0.15, -0.1) is 23.4 Å². The number of halogens is 5. The van der Waals surface area contributed by atoms with Gasteiger partial charge in [0, 0.05) is 54.0 Å². The maximum Gasteiger partial charge on any atom is 0.417 e. The van der Waals surface area contributed by atoms with E-state index in [0.717, 1.165) is 34.9 Å². The van der Waals surface area contributed by atoms with Crippen LogP contribution in [0.3, 0.4) is 0 Å². The molecule has 1 amide bonds. The van der Waals surface area contributed by atoms with Crippen molar-refractivity contribution < 1.29 is 27.9 Å². The summed E-state index contributed by atoms with van der Waals surface area (Å²) in [6.45, 7) is 5.89. The summed E-state index contributed by atoms with van der Waals surface area (Å²) >= 11 is 13.1. The fourth-order valence-corrected chi connectivity index (χ4v) is 6.24. The molecule has 0 radical (unpaired) electrons. The van der Waals surface area contributed by atoms with E-state index in [1.165, 1.54) is 15.6 Å². The molecule has 0 saturated heterocycles. The predicted octanol–water partition coefficient (Wildman–Crippen LogP) is 6.87. The zero-order valence-corrected chi connectivity index (χ0v) is 26.1. The molecule has 1 unspecified atom stereocenters. The topological polar surface area (TPSA) is 100 Å². The van der Waals surface area contributed by atoms with Crippen molar-refractivity contribution in [3.8, 4) is 0 Å². The van der Waals surface area contributed by atoms with Gasteiger partial charge in [-0.05, 0) is 57.0 Å². The number of pyridine rings is 1. The fourth-order valence-electron chi connectivity index (χ4n) is 4.94. The van der Waals surface area contributed by atoms with Crippen molar-refractivity contribution in [1.29, 1.82) is 0 Å². The SMILES string of the molecule is CC(NC[C@@H](C)n1nc2c(c1C(=O)O)CN(C(=O)c1ccc(Cl)c(C(F)(F)F)c1)[C@H](C)C2)c1ccc(SCCCCl)nc1. The van der Waals surface area contributed by atoms with E-state index >= 15 is 0 Å². The zero-order valence-electron chi connectivity index (χ0n) is 23.8. The minimum Gasteiger partial charge on any atom is -0.477 e. The summed E-state index contributed by atoms with van der Waals surface area (Å²) in [5.74, 6) is -0.345. The van der Waals surface area contributed by atoms with Gasteiger partial charge in [-0.1, -0.05) is 17.7 Å². The van der Waals surface area contributed by atoms with Gasteiger partial charge in [0.1, 0.15) is 0 Å². The molecule has 0 saturated carbocycles. The Morgan fingerprint density at radius 2 is 1.98 bits per heavy atom. The second-order valence-corrected chi connectivity index (χ2v) is 12.4. The highest BCUT2D eigenvalue weighted by Gasteiger charge is 2.37. The molecule has 1 aliphatic heterocycles. The summed E-state index contributed by atoms with van der Waals surface area (Å²) in [6.07, 6.45) is -1.76. The third-order valence-corrected chi connectivity index (χ3v) is 8.97. The van der Waals surface area contributed by atoms with Crippen molar-refractivity contribution >= 4 is 46.8 Å². The van der Waals surface area contributed by atoms with Crippen molar-refractivity contribution in [3.63, 3.8) is 0 Å². The summed E-state index contributed by atoms with van der Waals surface area (Å²) < 4.78 is 41.7. The van der Waals surface area contributed by atoms with Crippen LogP contribution in [-0.2, 0) is 19.1 Å². The lowest BCUT2D eigenvalue weighted by molar-refractivity contribution is -0.137. The highest BCUT2D eigenvalue weighted by molar-refractivity contribution is 7.99. The number of thioether (sulfide) groups is 1. The number of carbonyl (C=O) groups excluding carboxylic acids is 1. The van der Waals surface area contributed by atoms with E-state index in [-0.39, 0.29) is 36.3 Å². The number of nitrogens with one attached hydrogen (secondary N) is 1. The van der Waals surface area contributed by atoms with Gasteiger partial charge in [-0.25, -0.2) is 9.78 Å². The normalized spacial score (nSPS) is 16.6. The van der Waals surface area contributed by atoms with Crippen LogP contribution >= 0.6 is 35.0 Å². The highest BCUT2D eigenvalue weighted by Crippen LogP contribution is 2.36. The molecule has 1 aliphatic rings. The molecular formula is C29H32Cl2F3N5O3S. The van der Waals surface area contributed by atoms with Gasteiger partial charge in [0.15, 0.2) is 5.69 Å². The van der Waals surface area contributed by atoms with Crippen LogP contribution in [0.5, 0.6) is 0 Å². The first-order chi connectivity index (χ1) is 20.3. The van der Waals surface area contributed by atoms with Crippen LogP contribution in [0.4, 0.5) is 13.2 Å². The quantitative estimate of drug-likeness (QED) is 0.132. The monoisotopic (exact) mass is 657 g/mol. The van der Waals surface area contributed by atoms with Gasteiger partial charge >= 0.3 is 12.1 Å². The Morgan fingerprint density at radius 1 is 1.23 bits per heavy atom. The predicted molar refractivity (Wildman–Crippen MR) is 160 cm³/mol. The molecule has 8 nitrogen and oxygen atoms in total. The first-order valence-electron chi connectivity index (χ1n) is 13.7. The van der Waals surface area contributed by atoms with Crippen molar-refractivity contribution in [3.05, 3.63) is 75.2 Å². The number of amides is 1. The second-order valence-electron chi connectivity index (χ2n) is 10.5. The van der Waals surface area contributed by atoms with E-state index in [1.807, 2.05) is 32.2 Å². The smallest absolute Gasteiger partial charge is 0.417 e. The molecule has 1 aromatic carbocycles. The molecular weight excluding hydrogens is 626 g/mol. The number of carboxylic acids is 1. The molecule has 3 aromatic rings. The van der Waals surface area contributed by atoms with Crippen molar-refractivity contribution in [2.75, 3.05) is 18.2 Å². The van der Waals surface area contributed by atoms with E-state index in [2.05, 4.69) is 15.4 Å². The van der Waals surface area contributed by atoms with Gasteiger partial charge in [0.2, 0.25) is 0 Å². The third kappa shape index (κ3) is 7.65. The fraction of sp³-hybridized carbons (Fsp3) is 0.448. The average Bonchev–Trinajstić information content (AvgIpc) is 3.33. The molecule has 0 aliphatic carbocycles. The van der Waals surface area contributed by atoms with E-state index in [1.54, 1.807) is 18.7 Å². The molecule has 4 rings (SSSR count). The zero-order chi connectivity index (χ0) is 31.5. The van der Waals surface area contributed by atoms with Crippen LogP contribution in [0.15, 0.2) is 41.6 Å². The molecule has 43 heavy (non-hydrogen) atoms. The first-order valence-corrected chi connectivity index (χ1v) is 15.6. The van der Waals surface area contributed by atoms with E-state index < -0.39 is 34.7 Å². The molecule has 0 fully saturated rings. The number of alkyl halides is 4. The molecule has 2 aromatic heterocycles. The first kappa shape index (κ1) is 33.1. The number of fused-ring (bicyclic) bond motifs is 1. The number of aromatic nitrogens is 3. The Kier molecular flexibility index (Phi) is 10.7. The lowest BCUT2D eigenvalue weighted by atomic mass is 9.98. The number of aromatic carboxylic acids is 1. The summed E-state index contributed by atoms with van der Waals surface area (Å²) in [6, 6.07) is 6.12. The number of nitrogens with zero attached hydrogens (tertiary/aromatic N) is 4. The minimum atomic E-state index is -4.73. The molecule has 14 heteroatoms. The van der Waals surface area contributed by atoms with Crippen LogP contribution in [0.2, 0.25) is 5.02 Å². The summed E-state index contributed by atoms with van der Waals surface area (Å²) in [5.41, 5.74) is 0.564. The highest BCUT2D eigenvalue weighted by atomic mass is 35.5. The van der Waals surface area contributed by atoms with Crippen molar-refractivity contribution in [2.24, 2.45) is 0 Å². The van der Waals surface area contributed by atoms with E-state index in [4.69, 9.17) is 23.2 Å². The largest absolute Gasteiger partial charge is 0.477 e. The maximum absolute atomic E-state index is 13.4. The van der Waals surface area contributed by atoms with Gasteiger partial charge in [0.05, 0.1) is 33.9 Å². The molecule has 3 atom stereocenters. The Hall–Kier alpha value is -2.80.